The molecular weight excluding hydrogens is 335 g/mol. The molecule has 1 aromatic rings. The van der Waals surface area contributed by atoms with Crippen LogP contribution >= 0.6 is 0 Å². The molecule has 0 bridgehead atoms. The first-order valence-corrected chi connectivity index (χ1v) is 8.05. The first-order valence-electron chi connectivity index (χ1n) is 8.05. The summed E-state index contributed by atoms with van der Waals surface area (Å²) in [4.78, 5) is 23.4. The number of benzene rings is 1. The van der Waals surface area contributed by atoms with Crippen LogP contribution in [0.5, 0.6) is 0 Å². The van der Waals surface area contributed by atoms with Gasteiger partial charge in [-0.15, -0.1) is 0 Å². The molecule has 1 amide bonds. The predicted molar refractivity (Wildman–Crippen MR) is 88.0 cm³/mol. The molecule has 0 aromatic heterocycles. The second-order valence-corrected chi connectivity index (χ2v) is 6.94. The number of aliphatic carboxylic acids is 1. The van der Waals surface area contributed by atoms with E-state index in [1.807, 2.05) is 0 Å². The number of hydrogen-bond donors (Lipinski definition) is 2. The van der Waals surface area contributed by atoms with Gasteiger partial charge in [0, 0.05) is 11.5 Å². The van der Waals surface area contributed by atoms with E-state index in [2.05, 4.69) is 5.32 Å². The number of halogens is 3. The van der Waals surface area contributed by atoms with Crippen molar-refractivity contribution in [2.75, 3.05) is 0 Å². The molecule has 1 aromatic carbocycles. The summed E-state index contributed by atoms with van der Waals surface area (Å²) in [5.41, 5.74) is -1.28. The Morgan fingerprint density at radius 3 is 2.28 bits per heavy atom. The van der Waals surface area contributed by atoms with Crippen LogP contribution in [0.25, 0.3) is 0 Å². The summed E-state index contributed by atoms with van der Waals surface area (Å²) in [7, 11) is 0. The lowest BCUT2D eigenvalue weighted by molar-refractivity contribution is -0.140. The fourth-order valence-corrected chi connectivity index (χ4v) is 2.43. The van der Waals surface area contributed by atoms with Gasteiger partial charge in [-0.3, -0.25) is 9.59 Å². The predicted octanol–water partition coefficient (Wildman–Crippen LogP) is 3.89. The monoisotopic (exact) mass is 359 g/mol. The zero-order valence-electron chi connectivity index (χ0n) is 14.8. The number of carbonyl (C=O) groups is 2. The van der Waals surface area contributed by atoms with Crippen LogP contribution < -0.4 is 5.32 Å². The maximum absolute atomic E-state index is 12.8. The Hall–Kier alpha value is -2.05. The quantitative estimate of drug-likeness (QED) is 0.776. The number of alkyl halides is 3. The van der Waals surface area contributed by atoms with E-state index in [4.69, 9.17) is 5.11 Å². The van der Waals surface area contributed by atoms with Crippen molar-refractivity contribution >= 4 is 11.9 Å². The highest BCUT2D eigenvalue weighted by molar-refractivity contribution is 5.80. The summed E-state index contributed by atoms with van der Waals surface area (Å²) in [5.74, 6) is -2.11. The summed E-state index contributed by atoms with van der Waals surface area (Å²) in [6, 6.07) is 4.86. The minimum Gasteiger partial charge on any atom is -0.481 e. The van der Waals surface area contributed by atoms with E-state index in [0.717, 1.165) is 12.1 Å². The van der Waals surface area contributed by atoms with Crippen LogP contribution in [0.1, 0.15) is 45.2 Å². The standard InChI is InChI=1S/C18H24F3NO3/c1-11(2)17(4,10-15(23)24)22-16(25)12(3)8-13-6-5-7-14(9-13)18(19,20)21/h5-7,9,11-12H,8,10H2,1-4H3,(H,22,25)(H,23,24). The van der Waals surface area contributed by atoms with Gasteiger partial charge in [0.1, 0.15) is 0 Å². The Labute approximate surface area is 145 Å². The van der Waals surface area contributed by atoms with Crippen molar-refractivity contribution in [3.63, 3.8) is 0 Å². The molecule has 0 radical (unpaired) electrons. The van der Waals surface area contributed by atoms with Gasteiger partial charge in [-0.2, -0.15) is 13.2 Å². The van der Waals surface area contributed by atoms with Gasteiger partial charge in [-0.25, -0.2) is 0 Å². The first kappa shape index (κ1) is 21.0. The second-order valence-electron chi connectivity index (χ2n) is 6.94. The molecule has 0 aliphatic carbocycles. The number of carboxylic acids is 1. The highest BCUT2D eigenvalue weighted by Crippen LogP contribution is 2.30. The third kappa shape index (κ3) is 6.07. The highest BCUT2D eigenvalue weighted by Gasteiger charge is 2.34. The van der Waals surface area contributed by atoms with E-state index >= 15 is 0 Å². The molecule has 2 N–H and O–H groups in total. The summed E-state index contributed by atoms with van der Waals surface area (Å²) in [6.45, 7) is 6.87. The molecule has 2 unspecified atom stereocenters. The van der Waals surface area contributed by atoms with Crippen LogP contribution in [0.3, 0.4) is 0 Å². The molecular formula is C18H24F3NO3. The van der Waals surface area contributed by atoms with Crippen molar-refractivity contribution in [1.82, 2.24) is 5.32 Å². The van der Waals surface area contributed by atoms with Crippen molar-refractivity contribution in [2.45, 2.75) is 52.3 Å². The van der Waals surface area contributed by atoms with Gasteiger partial charge in [-0.05, 0) is 30.9 Å². The van der Waals surface area contributed by atoms with Gasteiger partial charge in [0.15, 0.2) is 0 Å². The zero-order chi connectivity index (χ0) is 19.4. The van der Waals surface area contributed by atoms with Crippen LogP contribution in [-0.2, 0) is 22.2 Å². The number of carboxylic acid groups (broad SMARTS) is 1. The first-order chi connectivity index (χ1) is 11.3. The van der Waals surface area contributed by atoms with Gasteiger partial charge in [-0.1, -0.05) is 39.0 Å². The van der Waals surface area contributed by atoms with Gasteiger partial charge in [0.05, 0.1) is 12.0 Å². The third-order valence-corrected chi connectivity index (χ3v) is 4.45. The van der Waals surface area contributed by atoms with Crippen molar-refractivity contribution in [2.24, 2.45) is 11.8 Å². The lowest BCUT2D eigenvalue weighted by atomic mass is 9.84. The summed E-state index contributed by atoms with van der Waals surface area (Å²) < 4.78 is 38.3. The molecule has 1 rings (SSSR count). The molecule has 25 heavy (non-hydrogen) atoms. The smallest absolute Gasteiger partial charge is 0.416 e. The topological polar surface area (TPSA) is 66.4 Å². The average Bonchev–Trinajstić information content (AvgIpc) is 2.45. The Morgan fingerprint density at radius 2 is 1.80 bits per heavy atom. The van der Waals surface area contributed by atoms with Crippen molar-refractivity contribution in [1.29, 1.82) is 0 Å². The Kier molecular flexibility index (Phi) is 6.62. The van der Waals surface area contributed by atoms with Crippen molar-refractivity contribution in [3.8, 4) is 0 Å². The molecule has 0 saturated carbocycles. The summed E-state index contributed by atoms with van der Waals surface area (Å²) in [5, 5.41) is 11.8. The largest absolute Gasteiger partial charge is 0.481 e. The van der Waals surface area contributed by atoms with Crippen LogP contribution in [-0.4, -0.2) is 22.5 Å². The average molecular weight is 359 g/mol. The molecule has 0 saturated heterocycles. The zero-order valence-corrected chi connectivity index (χ0v) is 14.8. The second kappa shape index (κ2) is 7.89. The lowest BCUT2D eigenvalue weighted by Gasteiger charge is -2.34. The number of nitrogens with one attached hydrogen (secondary N) is 1. The lowest BCUT2D eigenvalue weighted by Crippen LogP contribution is -2.52. The van der Waals surface area contributed by atoms with Crippen molar-refractivity contribution < 1.29 is 27.9 Å². The molecule has 0 heterocycles. The molecule has 2 atom stereocenters. The molecule has 0 aliphatic rings. The number of carbonyl (C=O) groups excluding carboxylic acids is 1. The minimum absolute atomic E-state index is 0.117. The third-order valence-electron chi connectivity index (χ3n) is 4.45. The maximum atomic E-state index is 12.8. The summed E-state index contributed by atoms with van der Waals surface area (Å²) >= 11 is 0. The van der Waals surface area contributed by atoms with Crippen LogP contribution in [0, 0.1) is 11.8 Å². The van der Waals surface area contributed by atoms with Crippen molar-refractivity contribution in [3.05, 3.63) is 35.4 Å². The van der Waals surface area contributed by atoms with Gasteiger partial charge < -0.3 is 10.4 Å². The molecule has 140 valence electrons. The molecule has 0 aliphatic heterocycles. The highest BCUT2D eigenvalue weighted by atomic mass is 19.4. The van der Waals surface area contributed by atoms with E-state index in [-0.39, 0.29) is 24.7 Å². The molecule has 7 heteroatoms. The maximum Gasteiger partial charge on any atom is 0.416 e. The fraction of sp³-hybridized carbons (Fsp3) is 0.556. The number of rotatable bonds is 7. The molecule has 0 spiro atoms. The number of amides is 1. The fourth-order valence-electron chi connectivity index (χ4n) is 2.43. The van der Waals surface area contributed by atoms with E-state index in [9.17, 15) is 22.8 Å². The normalized spacial score (nSPS) is 15.5. The van der Waals surface area contributed by atoms with Gasteiger partial charge >= 0.3 is 12.1 Å². The van der Waals surface area contributed by atoms with Crippen LogP contribution in [0.4, 0.5) is 13.2 Å². The number of hydrogen-bond acceptors (Lipinski definition) is 2. The van der Waals surface area contributed by atoms with Crippen LogP contribution in [0.2, 0.25) is 0 Å². The van der Waals surface area contributed by atoms with E-state index in [1.165, 1.54) is 12.1 Å². The Balaban J connectivity index is 2.85. The van der Waals surface area contributed by atoms with E-state index in [1.54, 1.807) is 27.7 Å². The SMILES string of the molecule is CC(Cc1cccc(C(F)(F)F)c1)C(=O)NC(C)(CC(=O)O)C(C)C. The van der Waals surface area contributed by atoms with E-state index < -0.39 is 29.2 Å². The van der Waals surface area contributed by atoms with E-state index in [0.29, 0.717) is 5.56 Å². The Bertz CT molecular complexity index is 628. The van der Waals surface area contributed by atoms with Crippen LogP contribution in [0.15, 0.2) is 24.3 Å². The summed E-state index contributed by atoms with van der Waals surface area (Å²) in [6.07, 6.45) is -4.52. The van der Waals surface area contributed by atoms with Gasteiger partial charge in [0.25, 0.3) is 0 Å². The minimum atomic E-state index is -4.43. The molecule has 4 nitrogen and oxygen atoms in total. The Morgan fingerprint density at radius 1 is 1.20 bits per heavy atom. The van der Waals surface area contributed by atoms with Gasteiger partial charge in [0.2, 0.25) is 5.91 Å². The molecule has 0 fully saturated rings.